The summed E-state index contributed by atoms with van der Waals surface area (Å²) in [4.78, 5) is 11.1. The van der Waals surface area contributed by atoms with E-state index in [1.807, 2.05) is 24.3 Å². The van der Waals surface area contributed by atoms with E-state index in [1.165, 1.54) is 0 Å². The summed E-state index contributed by atoms with van der Waals surface area (Å²) < 4.78 is 0. The summed E-state index contributed by atoms with van der Waals surface area (Å²) in [6.07, 6.45) is 3.02. The van der Waals surface area contributed by atoms with Crippen molar-refractivity contribution in [2.45, 2.75) is 31.2 Å². The molecule has 0 spiro atoms. The Morgan fingerprint density at radius 1 is 1.41 bits per heavy atom. The predicted molar refractivity (Wildman–Crippen MR) is 67.2 cm³/mol. The molecule has 1 aliphatic rings. The van der Waals surface area contributed by atoms with Crippen molar-refractivity contribution >= 4 is 17.6 Å². The number of piperidine rings is 1. The zero-order valence-electron chi connectivity index (χ0n) is 9.58. The van der Waals surface area contributed by atoms with Crippen molar-refractivity contribution in [1.82, 2.24) is 5.32 Å². The summed E-state index contributed by atoms with van der Waals surface area (Å²) in [7, 11) is 0. The fourth-order valence-electron chi connectivity index (χ4n) is 2.55. The fraction of sp³-hybridized carbons (Fsp3) is 0.462. The molecule has 0 radical (unpaired) electrons. The molecule has 92 valence electrons. The van der Waals surface area contributed by atoms with Crippen LogP contribution in [0, 0.1) is 0 Å². The molecule has 3 nitrogen and oxygen atoms in total. The molecule has 0 aliphatic carbocycles. The number of carboxylic acid groups (broad SMARTS) is 1. The van der Waals surface area contributed by atoms with E-state index >= 15 is 0 Å². The van der Waals surface area contributed by atoms with Gasteiger partial charge in [-0.1, -0.05) is 29.8 Å². The van der Waals surface area contributed by atoms with Gasteiger partial charge in [-0.15, -0.1) is 0 Å². The van der Waals surface area contributed by atoms with Gasteiger partial charge in [0.25, 0.3) is 0 Å². The summed E-state index contributed by atoms with van der Waals surface area (Å²) >= 11 is 6.20. The number of hydrogen-bond donors (Lipinski definition) is 2. The Kier molecular flexibility index (Phi) is 3.69. The maximum absolute atomic E-state index is 11.1. The lowest BCUT2D eigenvalue weighted by atomic mass is 9.79. The maximum Gasteiger partial charge on any atom is 0.305 e. The smallest absolute Gasteiger partial charge is 0.305 e. The Morgan fingerprint density at radius 2 is 2.18 bits per heavy atom. The van der Waals surface area contributed by atoms with Gasteiger partial charge in [0.05, 0.1) is 12.0 Å². The molecule has 1 heterocycles. The number of nitrogens with one attached hydrogen (secondary N) is 1. The SMILES string of the molecule is O=C(O)CC1(c2ccccc2Cl)CCCCN1. The molecule has 1 aromatic rings. The monoisotopic (exact) mass is 253 g/mol. The second-order valence-corrected chi connectivity index (χ2v) is 4.92. The summed E-state index contributed by atoms with van der Waals surface area (Å²) in [5.74, 6) is -0.792. The summed E-state index contributed by atoms with van der Waals surface area (Å²) in [6.45, 7) is 0.846. The Morgan fingerprint density at radius 3 is 2.76 bits per heavy atom. The molecule has 1 aliphatic heterocycles. The number of hydrogen-bond acceptors (Lipinski definition) is 2. The number of benzene rings is 1. The van der Waals surface area contributed by atoms with Crippen LogP contribution in [-0.4, -0.2) is 17.6 Å². The molecule has 1 atom stereocenters. The number of aliphatic carboxylic acids is 1. The van der Waals surface area contributed by atoms with Crippen LogP contribution in [0.1, 0.15) is 31.2 Å². The van der Waals surface area contributed by atoms with Crippen molar-refractivity contribution in [2.75, 3.05) is 6.54 Å². The molecule has 1 fully saturated rings. The number of carboxylic acids is 1. The molecule has 17 heavy (non-hydrogen) atoms. The van der Waals surface area contributed by atoms with E-state index in [-0.39, 0.29) is 6.42 Å². The van der Waals surface area contributed by atoms with Gasteiger partial charge in [0.1, 0.15) is 0 Å². The number of rotatable bonds is 3. The largest absolute Gasteiger partial charge is 0.481 e. The minimum absolute atomic E-state index is 0.0801. The van der Waals surface area contributed by atoms with Gasteiger partial charge in [0.2, 0.25) is 0 Å². The maximum atomic E-state index is 11.1. The minimum Gasteiger partial charge on any atom is -0.481 e. The zero-order chi connectivity index (χ0) is 12.3. The number of carbonyl (C=O) groups is 1. The van der Waals surface area contributed by atoms with Gasteiger partial charge in [0, 0.05) is 5.02 Å². The molecule has 1 unspecified atom stereocenters. The molecule has 0 saturated carbocycles. The van der Waals surface area contributed by atoms with Crippen LogP contribution in [0.2, 0.25) is 5.02 Å². The highest BCUT2D eigenvalue weighted by molar-refractivity contribution is 6.31. The van der Waals surface area contributed by atoms with Crippen LogP contribution in [-0.2, 0) is 10.3 Å². The van der Waals surface area contributed by atoms with E-state index in [2.05, 4.69) is 5.32 Å². The van der Waals surface area contributed by atoms with Crippen molar-refractivity contribution < 1.29 is 9.90 Å². The van der Waals surface area contributed by atoms with Gasteiger partial charge in [-0.2, -0.15) is 0 Å². The first kappa shape index (κ1) is 12.4. The molecular weight excluding hydrogens is 238 g/mol. The third kappa shape index (κ3) is 2.61. The lowest BCUT2D eigenvalue weighted by Gasteiger charge is -2.38. The van der Waals surface area contributed by atoms with Gasteiger partial charge in [-0.3, -0.25) is 4.79 Å². The molecule has 0 amide bonds. The van der Waals surface area contributed by atoms with Gasteiger partial charge < -0.3 is 10.4 Å². The van der Waals surface area contributed by atoms with E-state index in [9.17, 15) is 4.79 Å². The first-order chi connectivity index (χ1) is 8.14. The van der Waals surface area contributed by atoms with E-state index < -0.39 is 11.5 Å². The number of halogens is 1. The van der Waals surface area contributed by atoms with Gasteiger partial charge in [-0.05, 0) is 37.4 Å². The van der Waals surface area contributed by atoms with Gasteiger partial charge in [0.15, 0.2) is 0 Å². The summed E-state index contributed by atoms with van der Waals surface area (Å²) in [5, 5.41) is 13.1. The van der Waals surface area contributed by atoms with Crippen LogP contribution in [0.4, 0.5) is 0 Å². The average molecular weight is 254 g/mol. The van der Waals surface area contributed by atoms with Crippen molar-refractivity contribution in [3.05, 3.63) is 34.9 Å². The first-order valence-corrected chi connectivity index (χ1v) is 6.24. The molecule has 1 aromatic carbocycles. The Hall–Kier alpha value is -1.06. The predicted octanol–water partition coefficient (Wildman–Crippen LogP) is 2.78. The molecule has 0 aromatic heterocycles. The first-order valence-electron chi connectivity index (χ1n) is 5.86. The van der Waals surface area contributed by atoms with Gasteiger partial charge >= 0.3 is 5.97 Å². The topological polar surface area (TPSA) is 49.3 Å². The van der Waals surface area contributed by atoms with Crippen LogP contribution in [0.3, 0.4) is 0 Å². The summed E-state index contributed by atoms with van der Waals surface area (Å²) in [5.41, 5.74) is 0.409. The second kappa shape index (κ2) is 5.07. The van der Waals surface area contributed by atoms with Crippen LogP contribution in [0.25, 0.3) is 0 Å². The van der Waals surface area contributed by atoms with E-state index in [1.54, 1.807) is 0 Å². The average Bonchev–Trinajstić information content (AvgIpc) is 2.29. The van der Waals surface area contributed by atoms with E-state index in [0.717, 1.165) is 31.4 Å². The van der Waals surface area contributed by atoms with E-state index in [0.29, 0.717) is 5.02 Å². The quantitative estimate of drug-likeness (QED) is 0.871. The lowest BCUT2D eigenvalue weighted by Crippen LogP contribution is -2.47. The molecule has 2 rings (SSSR count). The Labute approximate surface area is 106 Å². The van der Waals surface area contributed by atoms with E-state index in [4.69, 9.17) is 16.7 Å². The van der Waals surface area contributed by atoms with Gasteiger partial charge in [-0.25, -0.2) is 0 Å². The van der Waals surface area contributed by atoms with Crippen molar-refractivity contribution in [3.63, 3.8) is 0 Å². The highest BCUT2D eigenvalue weighted by Crippen LogP contribution is 2.37. The molecule has 2 N–H and O–H groups in total. The molecule has 4 heteroatoms. The van der Waals surface area contributed by atoms with Crippen LogP contribution < -0.4 is 5.32 Å². The highest BCUT2D eigenvalue weighted by atomic mass is 35.5. The standard InChI is InChI=1S/C13H16ClNO2/c14-11-6-2-1-5-10(11)13(9-12(16)17)7-3-4-8-15-13/h1-2,5-6,15H,3-4,7-9H2,(H,16,17). The summed E-state index contributed by atoms with van der Waals surface area (Å²) in [6, 6.07) is 7.50. The van der Waals surface area contributed by atoms with Crippen LogP contribution >= 0.6 is 11.6 Å². The van der Waals surface area contributed by atoms with Crippen LogP contribution in [0.5, 0.6) is 0 Å². The molecule has 1 saturated heterocycles. The fourth-order valence-corrected chi connectivity index (χ4v) is 2.87. The second-order valence-electron chi connectivity index (χ2n) is 4.52. The Bertz CT molecular complexity index is 414. The zero-order valence-corrected chi connectivity index (χ0v) is 10.3. The normalized spacial score (nSPS) is 24.5. The van der Waals surface area contributed by atoms with Crippen molar-refractivity contribution in [1.29, 1.82) is 0 Å². The van der Waals surface area contributed by atoms with Crippen molar-refractivity contribution in [2.24, 2.45) is 0 Å². The molecule has 0 bridgehead atoms. The molecular formula is C13H16ClNO2. The van der Waals surface area contributed by atoms with Crippen LogP contribution in [0.15, 0.2) is 24.3 Å². The third-order valence-corrected chi connectivity index (χ3v) is 3.67. The minimum atomic E-state index is -0.792. The van der Waals surface area contributed by atoms with Crippen molar-refractivity contribution in [3.8, 4) is 0 Å². The highest BCUT2D eigenvalue weighted by Gasteiger charge is 2.37. The Balaban J connectivity index is 2.39. The third-order valence-electron chi connectivity index (χ3n) is 3.34. The lowest BCUT2D eigenvalue weighted by molar-refractivity contribution is -0.139.